The average Bonchev–Trinajstić information content (AvgIpc) is 2.17. The number of rotatable bonds is 7. The van der Waals surface area contributed by atoms with Crippen molar-refractivity contribution in [1.82, 2.24) is 4.90 Å². The van der Waals surface area contributed by atoms with E-state index in [4.69, 9.17) is 5.73 Å². The lowest BCUT2D eigenvalue weighted by atomic mass is 10.1. The van der Waals surface area contributed by atoms with Gasteiger partial charge in [0.15, 0.2) is 0 Å². The van der Waals surface area contributed by atoms with E-state index in [0.717, 1.165) is 6.42 Å². The van der Waals surface area contributed by atoms with Crippen molar-refractivity contribution >= 4 is 5.91 Å². The van der Waals surface area contributed by atoms with Crippen LogP contribution in [-0.2, 0) is 4.79 Å². The third-order valence-electron chi connectivity index (χ3n) is 2.01. The quantitative estimate of drug-likeness (QED) is 0.624. The average molecular weight is 196 g/mol. The Bertz CT molecular complexity index is 191. The molecular formula is C11H20N2O. The van der Waals surface area contributed by atoms with Crippen molar-refractivity contribution in [2.75, 3.05) is 13.1 Å². The maximum Gasteiger partial charge on any atom is 0.224 e. The van der Waals surface area contributed by atoms with Gasteiger partial charge >= 0.3 is 0 Å². The van der Waals surface area contributed by atoms with E-state index in [1.165, 1.54) is 0 Å². The zero-order valence-corrected chi connectivity index (χ0v) is 8.91. The van der Waals surface area contributed by atoms with Gasteiger partial charge in [-0.15, -0.1) is 13.2 Å². The molecule has 0 fully saturated rings. The van der Waals surface area contributed by atoms with Crippen LogP contribution in [-0.4, -0.2) is 29.9 Å². The van der Waals surface area contributed by atoms with Gasteiger partial charge in [-0.1, -0.05) is 19.1 Å². The van der Waals surface area contributed by atoms with Gasteiger partial charge in [0.2, 0.25) is 5.91 Å². The summed E-state index contributed by atoms with van der Waals surface area (Å²) in [7, 11) is 0. The van der Waals surface area contributed by atoms with Crippen LogP contribution in [0.1, 0.15) is 19.8 Å². The second-order valence-electron chi connectivity index (χ2n) is 3.25. The number of carbonyl (C=O) groups is 1. The number of hydrogen-bond acceptors (Lipinski definition) is 2. The summed E-state index contributed by atoms with van der Waals surface area (Å²) in [5.41, 5.74) is 5.70. The highest BCUT2D eigenvalue weighted by Crippen LogP contribution is 2.00. The van der Waals surface area contributed by atoms with Crippen LogP contribution in [0, 0.1) is 0 Å². The van der Waals surface area contributed by atoms with Gasteiger partial charge in [-0.25, -0.2) is 0 Å². The topological polar surface area (TPSA) is 46.3 Å². The van der Waals surface area contributed by atoms with Gasteiger partial charge in [0.25, 0.3) is 0 Å². The summed E-state index contributed by atoms with van der Waals surface area (Å²) in [6.45, 7) is 10.3. The van der Waals surface area contributed by atoms with E-state index < -0.39 is 0 Å². The smallest absolute Gasteiger partial charge is 0.224 e. The molecule has 0 saturated heterocycles. The molecule has 0 saturated carbocycles. The Labute approximate surface area is 86.3 Å². The summed E-state index contributed by atoms with van der Waals surface area (Å²) in [5, 5.41) is 0. The zero-order chi connectivity index (χ0) is 11.0. The Morgan fingerprint density at radius 3 is 2.29 bits per heavy atom. The molecule has 14 heavy (non-hydrogen) atoms. The molecule has 80 valence electrons. The van der Waals surface area contributed by atoms with E-state index in [1.807, 2.05) is 6.92 Å². The minimum Gasteiger partial charge on any atom is -0.335 e. The maximum absolute atomic E-state index is 11.6. The first-order valence-electron chi connectivity index (χ1n) is 4.90. The van der Waals surface area contributed by atoms with Crippen LogP contribution in [0.15, 0.2) is 25.3 Å². The first-order valence-corrected chi connectivity index (χ1v) is 4.90. The van der Waals surface area contributed by atoms with Crippen molar-refractivity contribution in [2.24, 2.45) is 5.73 Å². The molecule has 0 rings (SSSR count). The van der Waals surface area contributed by atoms with Crippen LogP contribution in [0.5, 0.6) is 0 Å². The van der Waals surface area contributed by atoms with E-state index in [0.29, 0.717) is 19.5 Å². The van der Waals surface area contributed by atoms with Crippen LogP contribution in [0.3, 0.4) is 0 Å². The highest BCUT2D eigenvalue weighted by molar-refractivity contribution is 5.77. The Kier molecular flexibility index (Phi) is 6.76. The van der Waals surface area contributed by atoms with Crippen LogP contribution in [0.4, 0.5) is 0 Å². The van der Waals surface area contributed by atoms with Crippen LogP contribution >= 0.6 is 0 Å². The first-order chi connectivity index (χ1) is 6.65. The predicted octanol–water partition coefficient (Wildman–Crippen LogP) is 1.31. The largest absolute Gasteiger partial charge is 0.335 e. The SMILES string of the molecule is C=CCN(CC=C)C(=O)CC(N)CC. The molecule has 0 aromatic heterocycles. The van der Waals surface area contributed by atoms with Crippen molar-refractivity contribution < 1.29 is 4.79 Å². The molecule has 0 aliphatic rings. The number of nitrogens with zero attached hydrogens (tertiary/aromatic N) is 1. The molecule has 0 spiro atoms. The van der Waals surface area contributed by atoms with Crippen molar-refractivity contribution in [3.8, 4) is 0 Å². The van der Waals surface area contributed by atoms with Gasteiger partial charge in [0, 0.05) is 25.6 Å². The minimum atomic E-state index is -0.0420. The molecule has 0 bridgehead atoms. The number of amides is 1. The minimum absolute atomic E-state index is 0.0420. The van der Waals surface area contributed by atoms with Crippen LogP contribution < -0.4 is 5.73 Å². The van der Waals surface area contributed by atoms with Gasteiger partial charge in [-0.2, -0.15) is 0 Å². The molecule has 1 unspecified atom stereocenters. The molecule has 0 aliphatic carbocycles. The number of nitrogens with two attached hydrogens (primary N) is 1. The van der Waals surface area contributed by atoms with Crippen molar-refractivity contribution in [3.63, 3.8) is 0 Å². The lowest BCUT2D eigenvalue weighted by Gasteiger charge is -2.20. The standard InChI is InChI=1S/C11H20N2O/c1-4-7-13(8-5-2)11(14)9-10(12)6-3/h4-5,10H,1-2,6-9,12H2,3H3. The van der Waals surface area contributed by atoms with E-state index in [2.05, 4.69) is 13.2 Å². The van der Waals surface area contributed by atoms with Gasteiger partial charge in [-0.05, 0) is 6.42 Å². The molecule has 3 nitrogen and oxygen atoms in total. The molecule has 2 N–H and O–H groups in total. The van der Waals surface area contributed by atoms with Crippen LogP contribution in [0.25, 0.3) is 0 Å². The van der Waals surface area contributed by atoms with E-state index >= 15 is 0 Å². The van der Waals surface area contributed by atoms with Gasteiger partial charge in [0.1, 0.15) is 0 Å². The third kappa shape index (κ3) is 4.82. The third-order valence-corrected chi connectivity index (χ3v) is 2.01. The summed E-state index contributed by atoms with van der Waals surface area (Å²) >= 11 is 0. The van der Waals surface area contributed by atoms with Crippen LogP contribution in [0.2, 0.25) is 0 Å². The lowest BCUT2D eigenvalue weighted by molar-refractivity contribution is -0.130. The summed E-state index contributed by atoms with van der Waals surface area (Å²) in [6, 6.07) is -0.0420. The van der Waals surface area contributed by atoms with Crippen molar-refractivity contribution in [1.29, 1.82) is 0 Å². The van der Waals surface area contributed by atoms with Gasteiger partial charge in [-0.3, -0.25) is 4.79 Å². The van der Waals surface area contributed by atoms with E-state index in [-0.39, 0.29) is 11.9 Å². The van der Waals surface area contributed by atoms with Crippen molar-refractivity contribution in [3.05, 3.63) is 25.3 Å². The fourth-order valence-electron chi connectivity index (χ4n) is 1.09. The fourth-order valence-corrected chi connectivity index (χ4v) is 1.09. The summed E-state index contributed by atoms with van der Waals surface area (Å²) in [5.74, 6) is 0.0687. The molecule has 0 aromatic carbocycles. The van der Waals surface area contributed by atoms with Gasteiger partial charge in [0.05, 0.1) is 0 Å². The zero-order valence-electron chi connectivity index (χ0n) is 8.91. The lowest BCUT2D eigenvalue weighted by Crippen LogP contribution is -2.35. The normalized spacial score (nSPS) is 11.9. The summed E-state index contributed by atoms with van der Waals surface area (Å²) < 4.78 is 0. The Balaban J connectivity index is 4.12. The summed E-state index contributed by atoms with van der Waals surface area (Å²) in [6.07, 6.45) is 4.64. The molecule has 0 heterocycles. The molecule has 1 amide bonds. The highest BCUT2D eigenvalue weighted by atomic mass is 16.2. The Hall–Kier alpha value is -1.09. The maximum atomic E-state index is 11.6. The highest BCUT2D eigenvalue weighted by Gasteiger charge is 2.13. The number of hydrogen-bond donors (Lipinski definition) is 1. The molecule has 3 heteroatoms. The fraction of sp³-hybridized carbons (Fsp3) is 0.545. The predicted molar refractivity (Wildman–Crippen MR) is 59.9 cm³/mol. The Morgan fingerprint density at radius 2 is 1.93 bits per heavy atom. The molecule has 0 radical (unpaired) electrons. The van der Waals surface area contributed by atoms with E-state index in [1.54, 1.807) is 17.1 Å². The van der Waals surface area contributed by atoms with Crippen molar-refractivity contribution in [2.45, 2.75) is 25.8 Å². The monoisotopic (exact) mass is 196 g/mol. The Morgan fingerprint density at radius 1 is 1.43 bits per heavy atom. The molecular weight excluding hydrogens is 176 g/mol. The first kappa shape index (κ1) is 12.9. The molecule has 0 aliphatic heterocycles. The summed E-state index contributed by atoms with van der Waals surface area (Å²) in [4.78, 5) is 13.3. The molecule has 1 atom stereocenters. The van der Waals surface area contributed by atoms with Gasteiger partial charge < -0.3 is 10.6 Å². The van der Waals surface area contributed by atoms with E-state index in [9.17, 15) is 4.79 Å². The second kappa shape index (κ2) is 7.33. The second-order valence-corrected chi connectivity index (χ2v) is 3.25. The number of carbonyl (C=O) groups excluding carboxylic acids is 1. The molecule has 0 aromatic rings.